The lowest BCUT2D eigenvalue weighted by Crippen LogP contribution is -2.13. The number of phenolic OH excluding ortho intramolecular Hbond substituents is 2. The predicted molar refractivity (Wildman–Crippen MR) is 78.0 cm³/mol. The van der Waals surface area contributed by atoms with Crippen molar-refractivity contribution in [3.8, 4) is 11.5 Å². The summed E-state index contributed by atoms with van der Waals surface area (Å²) in [5.41, 5.74) is 1.83. The number of aryl methyl sites for hydroxylation is 2. The van der Waals surface area contributed by atoms with Gasteiger partial charge in [-0.25, -0.2) is 4.98 Å². The fraction of sp³-hybridized carbons (Fsp3) is 0.143. The third kappa shape index (κ3) is 2.41. The highest BCUT2D eigenvalue weighted by atomic mass is 16.3. The van der Waals surface area contributed by atoms with Crippen LogP contribution in [0.5, 0.6) is 11.5 Å². The molecule has 0 unspecified atom stereocenters. The van der Waals surface area contributed by atoms with Gasteiger partial charge >= 0.3 is 0 Å². The van der Waals surface area contributed by atoms with Crippen LogP contribution in [-0.4, -0.2) is 35.7 Å². The molecule has 0 fully saturated rings. The van der Waals surface area contributed by atoms with Crippen molar-refractivity contribution < 1.29 is 15.0 Å². The van der Waals surface area contributed by atoms with Crippen molar-refractivity contribution in [2.75, 3.05) is 5.32 Å². The molecular weight excluding hydrogens is 286 g/mol. The van der Waals surface area contributed by atoms with E-state index in [9.17, 15) is 15.0 Å². The SMILES string of the molecule is Cc1cc(C)n2nc(NC(=O)c3ccc(O)c(O)c3)nc2n1. The molecule has 112 valence electrons. The van der Waals surface area contributed by atoms with E-state index >= 15 is 0 Å². The largest absolute Gasteiger partial charge is 0.504 e. The van der Waals surface area contributed by atoms with E-state index in [0.717, 1.165) is 17.5 Å². The molecule has 3 rings (SSSR count). The minimum atomic E-state index is -0.499. The highest BCUT2D eigenvalue weighted by molar-refractivity contribution is 6.03. The molecular formula is C14H13N5O3. The molecule has 2 heterocycles. The Morgan fingerprint density at radius 1 is 1.14 bits per heavy atom. The average molecular weight is 299 g/mol. The molecule has 0 aliphatic rings. The molecule has 3 aromatic rings. The van der Waals surface area contributed by atoms with Gasteiger partial charge in [0.25, 0.3) is 17.6 Å². The normalized spacial score (nSPS) is 10.8. The van der Waals surface area contributed by atoms with Crippen molar-refractivity contribution in [2.24, 2.45) is 0 Å². The Morgan fingerprint density at radius 2 is 1.91 bits per heavy atom. The van der Waals surface area contributed by atoms with Crippen LogP contribution < -0.4 is 5.32 Å². The summed E-state index contributed by atoms with van der Waals surface area (Å²) in [5, 5.41) is 25.4. The number of rotatable bonds is 2. The van der Waals surface area contributed by atoms with Gasteiger partial charge in [0.1, 0.15) is 0 Å². The maximum absolute atomic E-state index is 12.1. The van der Waals surface area contributed by atoms with Gasteiger partial charge in [0.15, 0.2) is 11.5 Å². The molecule has 3 N–H and O–H groups in total. The number of amides is 1. The summed E-state index contributed by atoms with van der Waals surface area (Å²) in [4.78, 5) is 20.5. The fourth-order valence-corrected chi connectivity index (χ4v) is 2.06. The number of benzene rings is 1. The van der Waals surface area contributed by atoms with Gasteiger partial charge in [0.2, 0.25) is 0 Å². The number of carbonyl (C=O) groups is 1. The zero-order chi connectivity index (χ0) is 15.9. The van der Waals surface area contributed by atoms with E-state index < -0.39 is 5.91 Å². The van der Waals surface area contributed by atoms with Crippen LogP contribution in [0.25, 0.3) is 5.78 Å². The van der Waals surface area contributed by atoms with Crippen LogP contribution in [0.15, 0.2) is 24.3 Å². The van der Waals surface area contributed by atoms with Crippen LogP contribution >= 0.6 is 0 Å². The fourth-order valence-electron chi connectivity index (χ4n) is 2.06. The number of carbonyl (C=O) groups excluding carboxylic acids is 1. The molecule has 0 spiro atoms. The monoisotopic (exact) mass is 299 g/mol. The standard InChI is InChI=1S/C14H13N5O3/c1-7-5-8(2)19-14(15-7)17-13(18-19)16-12(22)9-3-4-10(20)11(21)6-9/h3-6,20-21H,1-2H3,(H,16,18,22). The van der Waals surface area contributed by atoms with E-state index in [-0.39, 0.29) is 23.0 Å². The second-order valence-electron chi connectivity index (χ2n) is 4.84. The van der Waals surface area contributed by atoms with Crippen molar-refractivity contribution in [3.63, 3.8) is 0 Å². The maximum atomic E-state index is 12.1. The quantitative estimate of drug-likeness (QED) is 0.617. The number of nitrogens with zero attached hydrogens (tertiary/aromatic N) is 4. The van der Waals surface area contributed by atoms with Gasteiger partial charge < -0.3 is 10.2 Å². The van der Waals surface area contributed by atoms with Crippen LogP contribution in [0, 0.1) is 13.8 Å². The first-order chi connectivity index (χ1) is 10.4. The number of aromatic nitrogens is 4. The summed E-state index contributed by atoms with van der Waals surface area (Å²) < 4.78 is 1.52. The second kappa shape index (κ2) is 4.99. The van der Waals surface area contributed by atoms with Crippen molar-refractivity contribution in [3.05, 3.63) is 41.2 Å². The Balaban J connectivity index is 1.90. The molecule has 22 heavy (non-hydrogen) atoms. The molecule has 0 bridgehead atoms. The third-order valence-electron chi connectivity index (χ3n) is 3.08. The van der Waals surface area contributed by atoms with Crippen molar-refractivity contribution >= 4 is 17.6 Å². The van der Waals surface area contributed by atoms with Gasteiger partial charge in [-0.15, -0.1) is 5.10 Å². The highest BCUT2D eigenvalue weighted by Crippen LogP contribution is 2.25. The molecule has 0 saturated carbocycles. The molecule has 8 heteroatoms. The lowest BCUT2D eigenvalue weighted by atomic mass is 10.2. The zero-order valence-corrected chi connectivity index (χ0v) is 11.9. The average Bonchev–Trinajstić information content (AvgIpc) is 2.84. The van der Waals surface area contributed by atoms with Crippen molar-refractivity contribution in [1.29, 1.82) is 0 Å². The summed E-state index contributed by atoms with van der Waals surface area (Å²) in [7, 11) is 0. The number of hydrogen-bond acceptors (Lipinski definition) is 6. The lowest BCUT2D eigenvalue weighted by molar-refractivity contribution is 0.102. The number of anilines is 1. The summed E-state index contributed by atoms with van der Waals surface area (Å²) in [5.74, 6) is -0.665. The first-order valence-electron chi connectivity index (χ1n) is 6.48. The summed E-state index contributed by atoms with van der Waals surface area (Å²) in [6.45, 7) is 3.71. The minimum Gasteiger partial charge on any atom is -0.504 e. The topological polar surface area (TPSA) is 113 Å². The van der Waals surface area contributed by atoms with Gasteiger partial charge in [-0.05, 0) is 38.1 Å². The highest BCUT2D eigenvalue weighted by Gasteiger charge is 2.13. The van der Waals surface area contributed by atoms with Gasteiger partial charge in [-0.3, -0.25) is 10.1 Å². The van der Waals surface area contributed by atoms with E-state index in [1.54, 1.807) is 0 Å². The Hall–Kier alpha value is -3.16. The van der Waals surface area contributed by atoms with E-state index in [4.69, 9.17) is 0 Å². The van der Waals surface area contributed by atoms with Crippen LogP contribution in [-0.2, 0) is 0 Å². The molecule has 8 nitrogen and oxygen atoms in total. The number of phenols is 2. The molecule has 0 radical (unpaired) electrons. The van der Waals surface area contributed by atoms with Gasteiger partial charge in [-0.1, -0.05) is 0 Å². The smallest absolute Gasteiger partial charge is 0.258 e. The number of fused-ring (bicyclic) bond motifs is 1. The van der Waals surface area contributed by atoms with E-state index in [2.05, 4.69) is 20.4 Å². The van der Waals surface area contributed by atoms with Crippen LogP contribution in [0.1, 0.15) is 21.7 Å². The number of hydrogen-bond donors (Lipinski definition) is 3. The van der Waals surface area contributed by atoms with Crippen molar-refractivity contribution in [2.45, 2.75) is 13.8 Å². The molecule has 1 aromatic carbocycles. The Bertz CT molecular complexity index is 888. The number of aromatic hydroxyl groups is 2. The van der Waals surface area contributed by atoms with Crippen LogP contribution in [0.3, 0.4) is 0 Å². The maximum Gasteiger partial charge on any atom is 0.258 e. The Labute approximate surface area is 125 Å². The Morgan fingerprint density at radius 3 is 2.64 bits per heavy atom. The van der Waals surface area contributed by atoms with Crippen LogP contribution in [0.2, 0.25) is 0 Å². The Kier molecular flexibility index (Phi) is 3.13. The molecule has 2 aromatic heterocycles. The van der Waals surface area contributed by atoms with E-state index in [0.29, 0.717) is 5.78 Å². The van der Waals surface area contributed by atoms with Gasteiger partial charge in [-0.2, -0.15) is 9.50 Å². The number of nitrogens with one attached hydrogen (secondary N) is 1. The van der Waals surface area contributed by atoms with Crippen LogP contribution in [0.4, 0.5) is 5.95 Å². The molecule has 0 aliphatic carbocycles. The zero-order valence-electron chi connectivity index (χ0n) is 11.9. The van der Waals surface area contributed by atoms with Gasteiger partial charge in [0, 0.05) is 17.0 Å². The molecule has 0 atom stereocenters. The predicted octanol–water partition coefficient (Wildman–Crippen LogP) is 1.40. The molecule has 0 aliphatic heterocycles. The summed E-state index contributed by atoms with van der Waals surface area (Å²) in [6.07, 6.45) is 0. The lowest BCUT2D eigenvalue weighted by Gasteiger charge is -2.02. The van der Waals surface area contributed by atoms with E-state index in [1.165, 1.54) is 16.6 Å². The van der Waals surface area contributed by atoms with Crippen molar-refractivity contribution in [1.82, 2.24) is 19.6 Å². The summed E-state index contributed by atoms with van der Waals surface area (Å²) in [6, 6.07) is 5.63. The first kappa shape index (κ1) is 13.8. The second-order valence-corrected chi connectivity index (χ2v) is 4.84. The molecule has 1 amide bonds. The summed E-state index contributed by atoms with van der Waals surface area (Å²) >= 11 is 0. The first-order valence-corrected chi connectivity index (χ1v) is 6.48. The third-order valence-corrected chi connectivity index (χ3v) is 3.08. The molecule has 0 saturated heterocycles. The minimum absolute atomic E-state index is 0.110. The van der Waals surface area contributed by atoms with Gasteiger partial charge in [0.05, 0.1) is 0 Å². The van der Waals surface area contributed by atoms with E-state index in [1.807, 2.05) is 19.9 Å².